The number of carbonyl (C=O) groups is 1. The number of allylic oxidation sites excluding steroid dienone is 1. The van der Waals surface area contributed by atoms with Gasteiger partial charge in [0.15, 0.2) is 4.80 Å². The van der Waals surface area contributed by atoms with Gasteiger partial charge in [0.25, 0.3) is 11.2 Å². The molecule has 0 aliphatic carbocycles. The van der Waals surface area contributed by atoms with Crippen LogP contribution in [-0.4, -0.2) is 22.6 Å². The third-order valence-corrected chi connectivity index (χ3v) is 6.85. The molecule has 0 saturated carbocycles. The van der Waals surface area contributed by atoms with Crippen molar-refractivity contribution in [2.75, 3.05) is 7.11 Å². The van der Waals surface area contributed by atoms with Gasteiger partial charge in [-0.1, -0.05) is 35.1 Å². The summed E-state index contributed by atoms with van der Waals surface area (Å²) in [6, 6.07) is 7.02. The first-order valence-electron chi connectivity index (χ1n) is 8.90. The van der Waals surface area contributed by atoms with Crippen LogP contribution in [0.3, 0.4) is 0 Å². The van der Waals surface area contributed by atoms with Gasteiger partial charge in [0.05, 0.1) is 33.9 Å². The molecule has 158 valence electrons. The Kier molecular flexibility index (Phi) is 5.61. The number of aromatic nitrogens is 1. The fourth-order valence-electron chi connectivity index (χ4n) is 3.35. The minimum Gasteiger partial charge on any atom is -0.466 e. The zero-order valence-electron chi connectivity index (χ0n) is 16.2. The molecule has 0 N–H and O–H groups in total. The Labute approximate surface area is 188 Å². The van der Waals surface area contributed by atoms with Gasteiger partial charge in [0.2, 0.25) is 0 Å². The van der Waals surface area contributed by atoms with Crippen molar-refractivity contribution in [3.05, 3.63) is 92.2 Å². The van der Waals surface area contributed by atoms with Gasteiger partial charge in [-0.3, -0.25) is 19.5 Å². The molecule has 2 aromatic heterocycles. The zero-order valence-corrected chi connectivity index (χ0v) is 18.6. The van der Waals surface area contributed by atoms with Crippen LogP contribution in [0.2, 0.25) is 5.02 Å². The van der Waals surface area contributed by atoms with Crippen LogP contribution >= 0.6 is 34.3 Å². The minimum absolute atomic E-state index is 0.0424. The number of carbonyl (C=O) groups excluding carboxylic acids is 1. The molecule has 1 aromatic carbocycles. The van der Waals surface area contributed by atoms with Crippen LogP contribution in [0.25, 0.3) is 6.08 Å². The Morgan fingerprint density at radius 3 is 2.81 bits per heavy atom. The summed E-state index contributed by atoms with van der Waals surface area (Å²) in [6.45, 7) is 1.64. The molecule has 0 radical (unpaired) electrons. The Morgan fingerprint density at radius 1 is 1.39 bits per heavy atom. The third-order valence-electron chi connectivity index (χ3n) is 4.73. The van der Waals surface area contributed by atoms with Crippen LogP contribution in [0, 0.1) is 10.1 Å². The van der Waals surface area contributed by atoms with Crippen LogP contribution < -0.4 is 14.9 Å². The fraction of sp³-hybridized carbons (Fsp3) is 0.150. The number of fused-ring (bicyclic) bond motifs is 1. The number of methoxy groups -OCH3 is 1. The number of nitro benzene ring substituents is 1. The molecule has 3 aromatic rings. The molecule has 1 atom stereocenters. The van der Waals surface area contributed by atoms with E-state index in [0.717, 1.165) is 4.88 Å². The number of ether oxygens (including phenoxy) is 1. The van der Waals surface area contributed by atoms with E-state index in [2.05, 4.69) is 4.99 Å². The highest BCUT2D eigenvalue weighted by Crippen LogP contribution is 2.34. The molecule has 0 spiro atoms. The summed E-state index contributed by atoms with van der Waals surface area (Å²) in [4.78, 5) is 42.5. The van der Waals surface area contributed by atoms with Crippen molar-refractivity contribution in [3.63, 3.8) is 0 Å². The molecule has 31 heavy (non-hydrogen) atoms. The molecule has 3 heterocycles. The number of rotatable bonds is 4. The molecule has 11 heteroatoms. The van der Waals surface area contributed by atoms with Gasteiger partial charge in [-0.05, 0) is 36.1 Å². The van der Waals surface area contributed by atoms with Crippen LogP contribution in [0.1, 0.15) is 23.4 Å². The van der Waals surface area contributed by atoms with E-state index in [4.69, 9.17) is 16.3 Å². The first-order chi connectivity index (χ1) is 14.8. The number of thiazole rings is 1. The van der Waals surface area contributed by atoms with Crippen molar-refractivity contribution in [1.29, 1.82) is 0 Å². The van der Waals surface area contributed by atoms with Gasteiger partial charge >= 0.3 is 5.97 Å². The molecule has 8 nitrogen and oxygen atoms in total. The van der Waals surface area contributed by atoms with Crippen molar-refractivity contribution >= 4 is 52.0 Å². The molecular formula is C20H14ClN3O5S2. The number of nitrogens with zero attached hydrogens (tertiary/aromatic N) is 3. The number of hydrogen-bond acceptors (Lipinski definition) is 8. The van der Waals surface area contributed by atoms with Crippen molar-refractivity contribution < 1.29 is 14.5 Å². The van der Waals surface area contributed by atoms with E-state index in [9.17, 15) is 19.7 Å². The van der Waals surface area contributed by atoms with Gasteiger partial charge < -0.3 is 4.74 Å². The van der Waals surface area contributed by atoms with E-state index >= 15 is 0 Å². The average molecular weight is 476 g/mol. The van der Waals surface area contributed by atoms with E-state index in [0.29, 0.717) is 20.6 Å². The van der Waals surface area contributed by atoms with E-state index in [-0.39, 0.29) is 21.8 Å². The number of thiophene rings is 1. The predicted octanol–water partition coefficient (Wildman–Crippen LogP) is 3.03. The number of nitro groups is 1. The normalized spacial score (nSPS) is 16.1. The summed E-state index contributed by atoms with van der Waals surface area (Å²) in [6.07, 6.45) is 1.76. The lowest BCUT2D eigenvalue weighted by molar-refractivity contribution is -0.384. The van der Waals surface area contributed by atoms with Gasteiger partial charge in [-0.15, -0.1) is 11.3 Å². The summed E-state index contributed by atoms with van der Waals surface area (Å²) in [5, 5.41) is 13.3. The molecule has 1 unspecified atom stereocenters. The summed E-state index contributed by atoms with van der Waals surface area (Å²) >= 11 is 8.64. The fourth-order valence-corrected chi connectivity index (χ4v) is 5.31. The lowest BCUT2D eigenvalue weighted by atomic mass is 9.95. The van der Waals surface area contributed by atoms with Crippen LogP contribution in [0.5, 0.6) is 0 Å². The Bertz CT molecular complexity index is 1420. The van der Waals surface area contributed by atoms with Crippen molar-refractivity contribution in [1.82, 2.24) is 4.57 Å². The van der Waals surface area contributed by atoms with E-state index in [1.807, 2.05) is 17.5 Å². The van der Waals surface area contributed by atoms with E-state index < -0.39 is 16.9 Å². The highest BCUT2D eigenvalue weighted by Gasteiger charge is 2.34. The second-order valence-corrected chi connectivity index (χ2v) is 8.95. The van der Waals surface area contributed by atoms with E-state index in [1.165, 1.54) is 46.5 Å². The maximum atomic E-state index is 13.3. The number of benzene rings is 1. The third kappa shape index (κ3) is 3.73. The quantitative estimate of drug-likeness (QED) is 0.328. The van der Waals surface area contributed by atoms with Crippen molar-refractivity contribution in [2.24, 2.45) is 4.99 Å². The molecule has 0 saturated heterocycles. The first kappa shape index (κ1) is 21.2. The topological polar surface area (TPSA) is 104 Å². The second-order valence-electron chi connectivity index (χ2n) is 6.56. The largest absolute Gasteiger partial charge is 0.466 e. The highest BCUT2D eigenvalue weighted by atomic mass is 35.5. The monoisotopic (exact) mass is 475 g/mol. The lowest BCUT2D eigenvalue weighted by Crippen LogP contribution is -2.39. The Balaban J connectivity index is 2.02. The molecule has 4 rings (SSSR count). The molecule has 0 fully saturated rings. The van der Waals surface area contributed by atoms with E-state index in [1.54, 1.807) is 19.1 Å². The maximum absolute atomic E-state index is 13.3. The first-order valence-corrected chi connectivity index (χ1v) is 11.0. The predicted molar refractivity (Wildman–Crippen MR) is 118 cm³/mol. The smallest absolute Gasteiger partial charge is 0.338 e. The van der Waals surface area contributed by atoms with Crippen LogP contribution in [0.4, 0.5) is 5.69 Å². The highest BCUT2D eigenvalue weighted by molar-refractivity contribution is 7.11. The zero-order chi connectivity index (χ0) is 22.3. The molecule has 0 amide bonds. The number of hydrogen-bond donors (Lipinski definition) is 0. The summed E-state index contributed by atoms with van der Waals surface area (Å²) in [5.41, 5.74) is 0.189. The average Bonchev–Trinajstić information content (AvgIpc) is 3.35. The van der Waals surface area contributed by atoms with Crippen LogP contribution in [-0.2, 0) is 9.53 Å². The van der Waals surface area contributed by atoms with Crippen LogP contribution in [0.15, 0.2) is 56.8 Å². The second kappa shape index (κ2) is 8.22. The van der Waals surface area contributed by atoms with Gasteiger partial charge in [-0.2, -0.15) is 0 Å². The summed E-state index contributed by atoms with van der Waals surface area (Å²) in [5.74, 6) is -0.670. The van der Waals surface area contributed by atoms with Crippen molar-refractivity contribution in [3.8, 4) is 0 Å². The Morgan fingerprint density at radius 2 is 2.16 bits per heavy atom. The molecule has 1 aliphatic rings. The SMILES string of the molecule is COC(=O)C1=C(C)N=c2sc(=Cc3cccs3)c(=O)n2C1c1ccc(Cl)c([N+](=O)[O-])c1. The molecule has 1 aliphatic heterocycles. The van der Waals surface area contributed by atoms with Gasteiger partial charge in [-0.25, -0.2) is 9.79 Å². The molecular weight excluding hydrogens is 462 g/mol. The van der Waals surface area contributed by atoms with Gasteiger partial charge in [0, 0.05) is 10.9 Å². The summed E-state index contributed by atoms with van der Waals surface area (Å²) in [7, 11) is 1.23. The number of halogens is 1. The maximum Gasteiger partial charge on any atom is 0.338 e. The standard InChI is InChI=1S/C20H14ClN3O5S2/c1-10-16(19(26)29-2)17(11-5-6-13(21)14(8-11)24(27)28)23-18(25)15(31-20(23)22-10)9-12-4-3-7-30-12/h3-9,17H,1-2H3. The summed E-state index contributed by atoms with van der Waals surface area (Å²) < 4.78 is 6.74. The van der Waals surface area contributed by atoms with Crippen molar-refractivity contribution in [2.45, 2.75) is 13.0 Å². The lowest BCUT2D eigenvalue weighted by Gasteiger charge is -2.24. The van der Waals surface area contributed by atoms with Gasteiger partial charge in [0.1, 0.15) is 5.02 Å². The minimum atomic E-state index is -0.940. The Hall–Kier alpha value is -3.08. The molecule has 0 bridgehead atoms. The number of esters is 1.